The Morgan fingerprint density at radius 1 is 0.208 bits per heavy atom. The third kappa shape index (κ3) is 6.48. The summed E-state index contributed by atoms with van der Waals surface area (Å²) in [5.74, 6) is 0. The number of hydrogen-bond acceptors (Lipinski definition) is 1. The zero-order chi connectivity index (χ0) is 47.6. The van der Waals surface area contributed by atoms with Crippen molar-refractivity contribution >= 4 is 27.8 Å². The maximum atomic E-state index is 2.39. The first-order valence-corrected chi connectivity index (χ1v) is 25.0. The minimum atomic E-state index is -0.469. The minimum Gasteiger partial charge on any atom is -0.311 e. The summed E-state index contributed by atoms with van der Waals surface area (Å²) in [5.41, 5.74) is 25.6. The van der Waals surface area contributed by atoms with Crippen LogP contribution < -0.4 is 4.90 Å². The van der Waals surface area contributed by atoms with Crippen molar-refractivity contribution in [2.24, 2.45) is 0 Å². The standard InChI is InChI=1S/C71H47N/c1-4-18-48(19-5-1)51-36-42-56(43-37-51)72(57-44-38-52(39-45-57)49-20-6-2-7-21-49)58-46-40-53(41-47-58)50-32-34-55(35-33-50)67-61-26-10-11-27-62(61)70-69(68(67)54-22-8-3-9-23-54)63-28-14-17-31-66(63)71(70)64-29-15-12-24-59(64)60-25-13-16-30-65(60)71/h1-47H. The van der Waals surface area contributed by atoms with E-state index in [4.69, 9.17) is 0 Å². The molecule has 14 rings (SSSR count). The Hall–Kier alpha value is -9.30. The molecule has 1 heteroatoms. The van der Waals surface area contributed by atoms with E-state index in [2.05, 4.69) is 290 Å². The first-order valence-electron chi connectivity index (χ1n) is 25.0. The van der Waals surface area contributed by atoms with Crippen LogP contribution in [0.1, 0.15) is 22.3 Å². The molecule has 1 nitrogen and oxygen atoms in total. The summed E-state index contributed by atoms with van der Waals surface area (Å²) in [7, 11) is 0. The number of benzene rings is 12. The Labute approximate surface area is 421 Å². The minimum absolute atomic E-state index is 0.469. The van der Waals surface area contributed by atoms with Gasteiger partial charge in [-0.25, -0.2) is 0 Å². The van der Waals surface area contributed by atoms with Gasteiger partial charge in [0, 0.05) is 17.1 Å². The molecule has 0 heterocycles. The zero-order valence-electron chi connectivity index (χ0n) is 39.6. The fourth-order valence-electron chi connectivity index (χ4n) is 12.2. The lowest BCUT2D eigenvalue weighted by atomic mass is 9.68. The first-order chi connectivity index (χ1) is 35.7. The van der Waals surface area contributed by atoms with Crippen LogP contribution in [0, 0.1) is 0 Å². The lowest BCUT2D eigenvalue weighted by Crippen LogP contribution is -2.26. The molecular weight excluding hydrogens is 867 g/mol. The Morgan fingerprint density at radius 2 is 0.514 bits per heavy atom. The summed E-state index contributed by atoms with van der Waals surface area (Å²) in [6.45, 7) is 0. The molecule has 0 radical (unpaired) electrons. The second-order valence-electron chi connectivity index (χ2n) is 19.1. The van der Waals surface area contributed by atoms with E-state index in [-0.39, 0.29) is 0 Å². The molecule has 336 valence electrons. The van der Waals surface area contributed by atoms with Gasteiger partial charge in [0.25, 0.3) is 0 Å². The average Bonchev–Trinajstić information content (AvgIpc) is 3.94. The summed E-state index contributed by atoms with van der Waals surface area (Å²) in [5, 5.41) is 2.55. The second kappa shape index (κ2) is 17.0. The summed E-state index contributed by atoms with van der Waals surface area (Å²) >= 11 is 0. The molecule has 0 amide bonds. The molecule has 0 atom stereocenters. The van der Waals surface area contributed by atoms with Gasteiger partial charge in [0.15, 0.2) is 0 Å². The molecule has 0 N–H and O–H groups in total. The lowest BCUT2D eigenvalue weighted by Gasteiger charge is -2.32. The van der Waals surface area contributed by atoms with E-state index >= 15 is 0 Å². The Morgan fingerprint density at radius 3 is 0.972 bits per heavy atom. The quantitative estimate of drug-likeness (QED) is 0.147. The van der Waals surface area contributed by atoms with Gasteiger partial charge in [0.1, 0.15) is 0 Å². The average molecular weight is 914 g/mol. The summed E-state index contributed by atoms with van der Waals surface area (Å²) in [4.78, 5) is 2.35. The molecule has 0 bridgehead atoms. The highest BCUT2D eigenvalue weighted by atomic mass is 15.1. The zero-order valence-corrected chi connectivity index (χ0v) is 39.6. The second-order valence-corrected chi connectivity index (χ2v) is 19.1. The van der Waals surface area contributed by atoms with Crippen LogP contribution >= 0.6 is 0 Å². The van der Waals surface area contributed by atoms with Crippen molar-refractivity contribution < 1.29 is 0 Å². The smallest absolute Gasteiger partial charge is 0.0731 e. The number of nitrogens with zero attached hydrogens (tertiary/aromatic N) is 1. The number of fused-ring (bicyclic) bond motifs is 12. The van der Waals surface area contributed by atoms with Crippen molar-refractivity contribution in [3.63, 3.8) is 0 Å². The molecular formula is C71H47N. The molecule has 1 spiro atoms. The maximum Gasteiger partial charge on any atom is 0.0731 e. The van der Waals surface area contributed by atoms with E-state index in [1.165, 1.54) is 111 Å². The van der Waals surface area contributed by atoms with Crippen LogP contribution in [-0.2, 0) is 5.41 Å². The Balaban J connectivity index is 0.891. The van der Waals surface area contributed by atoms with Crippen molar-refractivity contribution in [3.8, 4) is 77.9 Å². The van der Waals surface area contributed by atoms with E-state index < -0.39 is 5.41 Å². The number of rotatable bonds is 8. The van der Waals surface area contributed by atoms with Crippen LogP contribution in [0.25, 0.3) is 88.7 Å². The van der Waals surface area contributed by atoms with Gasteiger partial charge >= 0.3 is 0 Å². The highest BCUT2D eigenvalue weighted by Crippen LogP contribution is 2.66. The van der Waals surface area contributed by atoms with Crippen molar-refractivity contribution in [3.05, 3.63) is 307 Å². The van der Waals surface area contributed by atoms with E-state index in [0.29, 0.717) is 0 Å². The lowest BCUT2D eigenvalue weighted by molar-refractivity contribution is 0.801. The topological polar surface area (TPSA) is 3.24 Å². The monoisotopic (exact) mass is 913 g/mol. The summed E-state index contributed by atoms with van der Waals surface area (Å²) in [6, 6.07) is 105. The van der Waals surface area contributed by atoms with Crippen LogP contribution in [0.15, 0.2) is 285 Å². The van der Waals surface area contributed by atoms with Gasteiger partial charge in [-0.15, -0.1) is 0 Å². The largest absolute Gasteiger partial charge is 0.311 e. The molecule has 0 saturated heterocycles. The molecule has 0 aromatic heterocycles. The van der Waals surface area contributed by atoms with Gasteiger partial charge in [-0.2, -0.15) is 0 Å². The molecule has 0 unspecified atom stereocenters. The van der Waals surface area contributed by atoms with Crippen molar-refractivity contribution in [1.82, 2.24) is 0 Å². The van der Waals surface area contributed by atoms with Crippen molar-refractivity contribution in [2.45, 2.75) is 5.41 Å². The SMILES string of the molecule is c1ccc(-c2ccc(N(c3ccc(-c4ccccc4)cc3)c3ccc(-c4ccc(-c5c(-c6ccccc6)c6c(c7ccccc57)C5(c7ccccc7-c7ccccc75)c5ccccc5-6)cc4)cc3)cc2)cc1. The van der Waals surface area contributed by atoms with Gasteiger partial charge in [-0.1, -0.05) is 249 Å². The predicted molar refractivity (Wildman–Crippen MR) is 302 cm³/mol. The van der Waals surface area contributed by atoms with Crippen LogP contribution in [0.4, 0.5) is 17.1 Å². The van der Waals surface area contributed by atoms with E-state index in [1.807, 2.05) is 0 Å². The molecule has 12 aromatic carbocycles. The highest BCUT2D eigenvalue weighted by molar-refractivity contribution is 6.16. The van der Waals surface area contributed by atoms with E-state index in [9.17, 15) is 0 Å². The predicted octanol–water partition coefficient (Wildman–Crippen LogP) is 19.0. The number of anilines is 3. The van der Waals surface area contributed by atoms with Crippen LogP contribution in [-0.4, -0.2) is 0 Å². The maximum absolute atomic E-state index is 2.39. The summed E-state index contributed by atoms with van der Waals surface area (Å²) < 4.78 is 0. The highest BCUT2D eigenvalue weighted by Gasteiger charge is 2.53. The van der Waals surface area contributed by atoms with Gasteiger partial charge in [0.2, 0.25) is 0 Å². The molecule has 2 aliphatic carbocycles. The third-order valence-electron chi connectivity index (χ3n) is 15.3. The molecule has 72 heavy (non-hydrogen) atoms. The van der Waals surface area contributed by atoms with Crippen molar-refractivity contribution in [1.29, 1.82) is 0 Å². The van der Waals surface area contributed by atoms with Gasteiger partial charge in [-0.05, 0) is 147 Å². The summed E-state index contributed by atoms with van der Waals surface area (Å²) in [6.07, 6.45) is 0. The fraction of sp³-hybridized carbons (Fsp3) is 0.0141. The van der Waals surface area contributed by atoms with Crippen LogP contribution in [0.5, 0.6) is 0 Å². The fourth-order valence-corrected chi connectivity index (χ4v) is 12.2. The normalized spacial score (nSPS) is 12.6. The Kier molecular flexibility index (Phi) is 9.82. The van der Waals surface area contributed by atoms with Gasteiger partial charge in [-0.3, -0.25) is 0 Å². The van der Waals surface area contributed by atoms with Crippen LogP contribution in [0.2, 0.25) is 0 Å². The molecule has 2 aliphatic rings. The van der Waals surface area contributed by atoms with E-state index in [0.717, 1.165) is 17.1 Å². The van der Waals surface area contributed by atoms with Gasteiger partial charge in [0.05, 0.1) is 5.41 Å². The molecule has 0 aliphatic heterocycles. The Bertz CT molecular complexity index is 3840. The van der Waals surface area contributed by atoms with Crippen molar-refractivity contribution in [2.75, 3.05) is 4.90 Å². The third-order valence-corrected chi connectivity index (χ3v) is 15.3. The van der Waals surface area contributed by atoms with E-state index in [1.54, 1.807) is 0 Å². The van der Waals surface area contributed by atoms with Gasteiger partial charge < -0.3 is 4.90 Å². The first kappa shape index (κ1) is 41.7. The molecule has 12 aromatic rings. The molecule has 0 saturated carbocycles. The van der Waals surface area contributed by atoms with Crippen LogP contribution in [0.3, 0.4) is 0 Å². The number of hydrogen-bond donors (Lipinski definition) is 0. The molecule has 0 fully saturated rings.